The molecule has 0 spiro atoms. The molecule has 0 saturated carbocycles. The molecular weight excluding hydrogens is 544 g/mol. The van der Waals surface area contributed by atoms with E-state index in [2.05, 4.69) is 15.6 Å². The molecule has 1 fully saturated rings. The molecule has 13 heteroatoms. The highest BCUT2D eigenvalue weighted by Gasteiger charge is 2.38. The Balaban J connectivity index is 1.52. The molecule has 1 aliphatic heterocycles. The number of phenols is 1. The van der Waals surface area contributed by atoms with Gasteiger partial charge in [0.2, 0.25) is 23.6 Å². The molecule has 2 heterocycles. The average molecular weight is 579 g/mol. The van der Waals surface area contributed by atoms with Crippen LogP contribution in [0.1, 0.15) is 30.4 Å². The third-order valence-corrected chi connectivity index (χ3v) is 7.30. The molecule has 1 saturated heterocycles. The number of carbonyl (C=O) groups excluding carboxylic acids is 4. The summed E-state index contributed by atoms with van der Waals surface area (Å²) in [5.74, 6) is -3.93. The summed E-state index contributed by atoms with van der Waals surface area (Å²) in [5.41, 5.74) is 13.1. The van der Waals surface area contributed by atoms with Crippen molar-refractivity contribution in [2.75, 3.05) is 6.54 Å². The van der Waals surface area contributed by atoms with Crippen molar-refractivity contribution >= 4 is 40.5 Å². The van der Waals surface area contributed by atoms with Gasteiger partial charge in [0.1, 0.15) is 23.9 Å². The second-order valence-corrected chi connectivity index (χ2v) is 10.4. The largest absolute Gasteiger partial charge is 0.508 e. The first-order valence-corrected chi connectivity index (χ1v) is 13.5. The summed E-state index contributed by atoms with van der Waals surface area (Å²) in [6.45, 7) is 0.240. The third kappa shape index (κ3) is 7.23. The molecule has 0 aliphatic carbocycles. The highest BCUT2D eigenvalue weighted by molar-refractivity contribution is 5.95. The van der Waals surface area contributed by atoms with Crippen molar-refractivity contribution in [3.63, 3.8) is 0 Å². The monoisotopic (exact) mass is 578 g/mol. The Morgan fingerprint density at radius 3 is 2.40 bits per heavy atom. The van der Waals surface area contributed by atoms with Gasteiger partial charge in [-0.2, -0.15) is 0 Å². The molecule has 13 nitrogen and oxygen atoms in total. The quantitative estimate of drug-likeness (QED) is 0.153. The van der Waals surface area contributed by atoms with E-state index in [0.717, 1.165) is 10.9 Å². The average Bonchev–Trinajstić information content (AvgIpc) is 3.60. The van der Waals surface area contributed by atoms with Crippen molar-refractivity contribution in [3.8, 4) is 5.75 Å². The summed E-state index contributed by atoms with van der Waals surface area (Å²) in [7, 11) is 0. The molecule has 2 aromatic carbocycles. The number of fused-ring (bicyclic) bond motifs is 1. The minimum absolute atomic E-state index is 0.00633. The Morgan fingerprint density at radius 1 is 1.00 bits per heavy atom. The van der Waals surface area contributed by atoms with Crippen LogP contribution in [0, 0.1) is 0 Å². The fraction of sp³-hybridized carbons (Fsp3) is 0.345. The van der Waals surface area contributed by atoms with E-state index in [1.165, 1.54) is 17.0 Å². The number of hydrogen-bond donors (Lipinski definition) is 7. The highest BCUT2D eigenvalue weighted by atomic mass is 16.4. The van der Waals surface area contributed by atoms with Crippen LogP contribution >= 0.6 is 0 Å². The molecule has 4 atom stereocenters. The summed E-state index contributed by atoms with van der Waals surface area (Å²) in [4.78, 5) is 67.6. The molecule has 3 aromatic rings. The van der Waals surface area contributed by atoms with Crippen LogP contribution in [0.5, 0.6) is 5.75 Å². The number of nitrogens with zero attached hydrogens (tertiary/aromatic N) is 1. The molecule has 9 N–H and O–H groups in total. The smallest absolute Gasteiger partial charge is 0.326 e. The predicted molar refractivity (Wildman–Crippen MR) is 152 cm³/mol. The second-order valence-electron chi connectivity index (χ2n) is 10.4. The van der Waals surface area contributed by atoms with Gasteiger partial charge in [-0.25, -0.2) is 4.79 Å². The van der Waals surface area contributed by atoms with Gasteiger partial charge in [-0.3, -0.25) is 19.2 Å². The van der Waals surface area contributed by atoms with Crippen molar-refractivity contribution in [2.24, 2.45) is 11.5 Å². The van der Waals surface area contributed by atoms with Crippen molar-refractivity contribution in [3.05, 3.63) is 65.9 Å². The van der Waals surface area contributed by atoms with Gasteiger partial charge in [-0.1, -0.05) is 30.3 Å². The number of carbonyl (C=O) groups is 5. The minimum Gasteiger partial charge on any atom is -0.508 e. The first kappa shape index (κ1) is 30.1. The number of aromatic nitrogens is 1. The standard InChI is InChI=1S/C29H34N6O7/c30-20(14-25(31)37)28(40)35-11-3-6-24(35)27(39)33-22(12-16-7-9-18(36)10-8-16)26(38)34-23(29(41)42)13-17-15-32-21-5-2-1-4-19(17)21/h1-2,4-5,7-10,15,20,22-24,32,36H,3,6,11-14,30H2,(H2,31,37)(H,33,39)(H,34,38)(H,41,42). The van der Waals surface area contributed by atoms with Crippen molar-refractivity contribution < 1.29 is 34.2 Å². The Kier molecular flexibility index (Phi) is 9.42. The van der Waals surface area contributed by atoms with Gasteiger partial charge in [-0.05, 0) is 42.2 Å². The summed E-state index contributed by atoms with van der Waals surface area (Å²) in [6, 6.07) is 8.76. The van der Waals surface area contributed by atoms with E-state index in [1.807, 2.05) is 24.3 Å². The zero-order valence-corrected chi connectivity index (χ0v) is 22.8. The number of hydrogen-bond acceptors (Lipinski definition) is 7. The number of benzene rings is 2. The van der Waals surface area contributed by atoms with E-state index in [-0.39, 0.29) is 31.6 Å². The second kappa shape index (κ2) is 13.2. The van der Waals surface area contributed by atoms with Gasteiger partial charge in [0, 0.05) is 36.5 Å². The van der Waals surface area contributed by atoms with Crippen molar-refractivity contribution in [2.45, 2.75) is 56.3 Å². The van der Waals surface area contributed by atoms with Crippen LogP contribution in [-0.2, 0) is 36.8 Å². The van der Waals surface area contributed by atoms with Gasteiger partial charge in [0.15, 0.2) is 0 Å². The third-order valence-electron chi connectivity index (χ3n) is 7.30. The lowest BCUT2D eigenvalue weighted by atomic mass is 10.0. The van der Waals surface area contributed by atoms with Gasteiger partial charge in [0.05, 0.1) is 12.5 Å². The summed E-state index contributed by atoms with van der Waals surface area (Å²) in [6.07, 6.45) is 2.12. The number of aromatic hydroxyl groups is 1. The lowest BCUT2D eigenvalue weighted by molar-refractivity contribution is -0.143. The van der Waals surface area contributed by atoms with E-state index in [0.29, 0.717) is 24.0 Å². The number of aliphatic carboxylic acids is 1. The molecule has 222 valence electrons. The van der Waals surface area contributed by atoms with E-state index in [1.54, 1.807) is 18.3 Å². The molecular formula is C29H34N6O7. The van der Waals surface area contributed by atoms with Crippen LogP contribution in [0.4, 0.5) is 0 Å². The Morgan fingerprint density at radius 2 is 1.71 bits per heavy atom. The van der Waals surface area contributed by atoms with Crippen molar-refractivity contribution in [1.82, 2.24) is 20.5 Å². The molecule has 1 aliphatic rings. The van der Waals surface area contributed by atoms with Crippen LogP contribution < -0.4 is 22.1 Å². The van der Waals surface area contributed by atoms with E-state index >= 15 is 0 Å². The normalized spacial score (nSPS) is 16.9. The molecule has 4 amide bonds. The topological polar surface area (TPSA) is 221 Å². The number of aromatic amines is 1. The van der Waals surface area contributed by atoms with Crippen LogP contribution in [0.15, 0.2) is 54.7 Å². The predicted octanol–water partition coefficient (Wildman–Crippen LogP) is -0.0934. The summed E-state index contributed by atoms with van der Waals surface area (Å²) in [5, 5.41) is 25.6. The minimum atomic E-state index is -1.30. The number of primary amides is 1. The number of nitrogens with two attached hydrogens (primary N) is 2. The lowest BCUT2D eigenvalue weighted by Gasteiger charge is -2.28. The number of carboxylic acids is 1. The van der Waals surface area contributed by atoms with E-state index in [4.69, 9.17) is 11.5 Å². The van der Waals surface area contributed by atoms with Crippen molar-refractivity contribution in [1.29, 1.82) is 0 Å². The molecule has 0 bridgehead atoms. The molecule has 4 unspecified atom stereocenters. The SMILES string of the molecule is NC(=O)CC(N)C(=O)N1CCCC1C(=O)NC(Cc1ccc(O)cc1)C(=O)NC(Cc1c[nH]c2ccccc12)C(=O)O. The molecule has 42 heavy (non-hydrogen) atoms. The first-order chi connectivity index (χ1) is 20.0. The van der Waals surface area contributed by atoms with Crippen LogP contribution in [-0.4, -0.2) is 80.4 Å². The van der Waals surface area contributed by atoms with E-state index in [9.17, 15) is 34.2 Å². The Hall–Kier alpha value is -4.91. The van der Waals surface area contributed by atoms with Crippen LogP contribution in [0.25, 0.3) is 10.9 Å². The number of para-hydroxylation sites is 1. The lowest BCUT2D eigenvalue weighted by Crippen LogP contribution is -2.57. The molecule has 1 aromatic heterocycles. The highest BCUT2D eigenvalue weighted by Crippen LogP contribution is 2.21. The number of phenolic OH excluding ortho intramolecular Hbond substituents is 1. The number of carboxylic acid groups (broad SMARTS) is 1. The fourth-order valence-electron chi connectivity index (χ4n) is 5.16. The zero-order chi connectivity index (χ0) is 30.4. The molecule has 4 rings (SSSR count). The van der Waals surface area contributed by atoms with Gasteiger partial charge in [0.25, 0.3) is 0 Å². The number of nitrogens with one attached hydrogen (secondary N) is 3. The Bertz CT molecular complexity index is 1470. The summed E-state index contributed by atoms with van der Waals surface area (Å²) >= 11 is 0. The number of amides is 4. The van der Waals surface area contributed by atoms with Gasteiger partial charge in [-0.15, -0.1) is 0 Å². The van der Waals surface area contributed by atoms with E-state index < -0.39 is 53.8 Å². The van der Waals surface area contributed by atoms with Crippen LogP contribution in [0.2, 0.25) is 0 Å². The first-order valence-electron chi connectivity index (χ1n) is 13.5. The number of likely N-dealkylation sites (tertiary alicyclic amines) is 1. The maximum absolute atomic E-state index is 13.5. The number of rotatable bonds is 12. The fourth-order valence-corrected chi connectivity index (χ4v) is 5.16. The van der Waals surface area contributed by atoms with Gasteiger partial charge < -0.3 is 42.2 Å². The Labute approximate surface area is 241 Å². The zero-order valence-electron chi connectivity index (χ0n) is 22.8. The maximum atomic E-state index is 13.5. The number of H-pyrrole nitrogens is 1. The van der Waals surface area contributed by atoms with Gasteiger partial charge >= 0.3 is 5.97 Å². The molecule has 0 radical (unpaired) electrons. The summed E-state index contributed by atoms with van der Waals surface area (Å²) < 4.78 is 0. The van der Waals surface area contributed by atoms with Crippen LogP contribution in [0.3, 0.4) is 0 Å². The maximum Gasteiger partial charge on any atom is 0.326 e.